The molecule has 1 fully saturated rings. The zero-order valence-electron chi connectivity index (χ0n) is 8.91. The Labute approximate surface area is 93.5 Å². The van der Waals surface area contributed by atoms with Crippen LogP contribution >= 0.6 is 0 Å². The lowest BCUT2D eigenvalue weighted by atomic mass is 10.00. The van der Waals surface area contributed by atoms with Crippen LogP contribution in [0.3, 0.4) is 0 Å². The molecule has 0 aromatic carbocycles. The summed E-state index contributed by atoms with van der Waals surface area (Å²) in [5.74, 6) is 0.185. The van der Waals surface area contributed by atoms with Crippen molar-refractivity contribution in [2.75, 3.05) is 13.2 Å². The molecule has 0 bridgehead atoms. The maximum atomic E-state index is 10.2. The molecule has 16 heavy (non-hydrogen) atoms. The number of rotatable bonds is 2. The van der Waals surface area contributed by atoms with Gasteiger partial charge in [-0.05, 0) is 18.6 Å². The van der Waals surface area contributed by atoms with Gasteiger partial charge in [0, 0.05) is 24.9 Å². The largest absolute Gasteiger partial charge is 0.386 e. The quantitative estimate of drug-likeness (QED) is 0.829. The molecule has 4 heteroatoms. The summed E-state index contributed by atoms with van der Waals surface area (Å²) in [6.07, 6.45) is 4.22. The van der Waals surface area contributed by atoms with Gasteiger partial charge in [0.15, 0.2) is 0 Å². The van der Waals surface area contributed by atoms with E-state index in [-0.39, 0.29) is 5.92 Å². The van der Waals surface area contributed by atoms with Crippen molar-refractivity contribution < 1.29 is 9.84 Å². The predicted octanol–water partition coefficient (Wildman–Crippen LogP) is 1.40. The Kier molecular flexibility index (Phi) is 2.38. The monoisotopic (exact) mass is 218 g/mol. The maximum absolute atomic E-state index is 10.2. The minimum atomic E-state index is -0.512. The molecule has 0 saturated carbocycles. The van der Waals surface area contributed by atoms with Crippen molar-refractivity contribution in [2.24, 2.45) is 5.92 Å². The van der Waals surface area contributed by atoms with E-state index >= 15 is 0 Å². The smallest absolute Gasteiger partial charge is 0.137 e. The molecule has 0 radical (unpaired) electrons. The minimum absolute atomic E-state index is 0.185. The second-order valence-electron chi connectivity index (χ2n) is 4.20. The summed E-state index contributed by atoms with van der Waals surface area (Å²) in [4.78, 5) is 4.41. The fourth-order valence-corrected chi connectivity index (χ4v) is 2.14. The molecule has 2 atom stereocenters. The van der Waals surface area contributed by atoms with E-state index in [2.05, 4.69) is 4.98 Å². The number of aliphatic hydroxyl groups excluding tert-OH is 1. The average Bonchev–Trinajstić information content (AvgIpc) is 2.97. The molecule has 2 unspecified atom stereocenters. The summed E-state index contributed by atoms with van der Waals surface area (Å²) in [7, 11) is 0. The van der Waals surface area contributed by atoms with E-state index in [1.807, 2.05) is 35.0 Å². The molecule has 2 aromatic heterocycles. The van der Waals surface area contributed by atoms with Crippen LogP contribution in [-0.2, 0) is 4.74 Å². The Morgan fingerprint density at radius 3 is 3.19 bits per heavy atom. The predicted molar refractivity (Wildman–Crippen MR) is 59.1 cm³/mol. The average molecular weight is 218 g/mol. The minimum Gasteiger partial charge on any atom is -0.386 e. The summed E-state index contributed by atoms with van der Waals surface area (Å²) in [5.41, 5.74) is 1.61. The third-order valence-electron chi connectivity index (χ3n) is 3.10. The van der Waals surface area contributed by atoms with E-state index in [1.165, 1.54) is 0 Å². The van der Waals surface area contributed by atoms with Crippen LogP contribution in [0.4, 0.5) is 0 Å². The molecule has 0 spiro atoms. The number of hydrogen-bond donors (Lipinski definition) is 1. The molecule has 1 N–H and O–H groups in total. The summed E-state index contributed by atoms with van der Waals surface area (Å²) in [6, 6.07) is 5.82. The Hall–Kier alpha value is -1.39. The summed E-state index contributed by atoms with van der Waals surface area (Å²) in [5, 5.41) is 10.2. The number of imidazole rings is 1. The third-order valence-corrected chi connectivity index (χ3v) is 3.10. The van der Waals surface area contributed by atoms with Crippen LogP contribution in [0.15, 0.2) is 30.6 Å². The van der Waals surface area contributed by atoms with Crippen molar-refractivity contribution in [3.05, 3.63) is 36.3 Å². The highest BCUT2D eigenvalue weighted by Gasteiger charge is 2.26. The second kappa shape index (κ2) is 3.88. The lowest BCUT2D eigenvalue weighted by Gasteiger charge is -2.13. The molecule has 0 amide bonds. The van der Waals surface area contributed by atoms with E-state index < -0.39 is 6.10 Å². The Balaban J connectivity index is 1.92. The standard InChI is InChI=1S/C12H14N2O2/c15-12(9-4-6-16-8-9)10-7-14-5-2-1-3-11(14)13-10/h1-3,5,7,9,12,15H,4,6,8H2. The van der Waals surface area contributed by atoms with E-state index in [0.717, 1.165) is 24.4 Å². The number of hydrogen-bond acceptors (Lipinski definition) is 3. The van der Waals surface area contributed by atoms with Crippen molar-refractivity contribution >= 4 is 5.65 Å². The summed E-state index contributed by atoms with van der Waals surface area (Å²) in [6.45, 7) is 1.38. The second-order valence-corrected chi connectivity index (χ2v) is 4.20. The van der Waals surface area contributed by atoms with Gasteiger partial charge in [-0.3, -0.25) is 0 Å². The van der Waals surface area contributed by atoms with Crippen molar-refractivity contribution in [2.45, 2.75) is 12.5 Å². The van der Waals surface area contributed by atoms with Gasteiger partial charge >= 0.3 is 0 Å². The molecule has 84 valence electrons. The number of ether oxygens (including phenoxy) is 1. The van der Waals surface area contributed by atoms with E-state index in [9.17, 15) is 5.11 Å². The molecule has 1 aliphatic rings. The molecule has 4 nitrogen and oxygen atoms in total. The number of nitrogens with zero attached hydrogens (tertiary/aromatic N) is 2. The van der Waals surface area contributed by atoms with Crippen LogP contribution in [0.25, 0.3) is 5.65 Å². The Bertz CT molecular complexity index is 455. The fourth-order valence-electron chi connectivity index (χ4n) is 2.14. The maximum Gasteiger partial charge on any atom is 0.137 e. The summed E-state index contributed by atoms with van der Waals surface area (Å²) < 4.78 is 7.20. The van der Waals surface area contributed by atoms with Gasteiger partial charge in [0.05, 0.1) is 12.3 Å². The van der Waals surface area contributed by atoms with Gasteiger partial charge in [-0.15, -0.1) is 0 Å². The number of aromatic nitrogens is 2. The van der Waals surface area contributed by atoms with Gasteiger partial charge in [-0.2, -0.15) is 0 Å². The first-order valence-corrected chi connectivity index (χ1v) is 5.54. The highest BCUT2D eigenvalue weighted by Crippen LogP contribution is 2.27. The molecule has 2 aromatic rings. The van der Waals surface area contributed by atoms with Gasteiger partial charge < -0.3 is 14.2 Å². The molecular weight excluding hydrogens is 204 g/mol. The van der Waals surface area contributed by atoms with Gasteiger partial charge in [0.1, 0.15) is 11.8 Å². The van der Waals surface area contributed by atoms with Gasteiger partial charge in [-0.25, -0.2) is 4.98 Å². The highest BCUT2D eigenvalue weighted by atomic mass is 16.5. The van der Waals surface area contributed by atoms with Crippen molar-refractivity contribution in [1.82, 2.24) is 9.38 Å². The van der Waals surface area contributed by atoms with Gasteiger partial charge in [0.2, 0.25) is 0 Å². The zero-order valence-corrected chi connectivity index (χ0v) is 8.91. The van der Waals surface area contributed by atoms with Crippen LogP contribution in [0.1, 0.15) is 18.2 Å². The normalized spacial score (nSPS) is 22.7. The van der Waals surface area contributed by atoms with E-state index in [1.54, 1.807) is 0 Å². The van der Waals surface area contributed by atoms with Crippen LogP contribution in [0.5, 0.6) is 0 Å². The number of fused-ring (bicyclic) bond motifs is 1. The first-order valence-electron chi connectivity index (χ1n) is 5.54. The van der Waals surface area contributed by atoms with Gasteiger partial charge in [0.25, 0.3) is 0 Å². The van der Waals surface area contributed by atoms with Crippen LogP contribution in [-0.4, -0.2) is 27.7 Å². The highest BCUT2D eigenvalue weighted by molar-refractivity contribution is 5.39. The van der Waals surface area contributed by atoms with Crippen LogP contribution in [0, 0.1) is 5.92 Å². The van der Waals surface area contributed by atoms with Crippen molar-refractivity contribution in [3.8, 4) is 0 Å². The van der Waals surface area contributed by atoms with Crippen molar-refractivity contribution in [1.29, 1.82) is 0 Å². The molecule has 0 aliphatic carbocycles. The molecule has 3 heterocycles. The van der Waals surface area contributed by atoms with Crippen molar-refractivity contribution in [3.63, 3.8) is 0 Å². The first-order chi connectivity index (χ1) is 7.84. The zero-order chi connectivity index (χ0) is 11.0. The lowest BCUT2D eigenvalue weighted by Crippen LogP contribution is -2.12. The topological polar surface area (TPSA) is 46.8 Å². The SMILES string of the molecule is OC(c1cn2ccccc2n1)C1CCOC1. The fraction of sp³-hybridized carbons (Fsp3) is 0.417. The molecule has 1 aliphatic heterocycles. The molecule has 3 rings (SSSR count). The van der Waals surface area contributed by atoms with E-state index in [4.69, 9.17) is 4.74 Å². The summed E-state index contributed by atoms with van der Waals surface area (Å²) >= 11 is 0. The molecular formula is C12H14N2O2. The molecule has 1 saturated heterocycles. The lowest BCUT2D eigenvalue weighted by molar-refractivity contribution is 0.0889. The third kappa shape index (κ3) is 1.60. The first kappa shape index (κ1) is 9.81. The Morgan fingerprint density at radius 1 is 1.50 bits per heavy atom. The van der Waals surface area contributed by atoms with Gasteiger partial charge in [-0.1, -0.05) is 6.07 Å². The van der Waals surface area contributed by atoms with E-state index in [0.29, 0.717) is 6.61 Å². The van der Waals surface area contributed by atoms with Crippen LogP contribution in [0.2, 0.25) is 0 Å². The van der Waals surface area contributed by atoms with Crippen LogP contribution < -0.4 is 0 Å². The number of pyridine rings is 1. The number of aliphatic hydroxyl groups is 1. The Morgan fingerprint density at radius 2 is 2.44 bits per heavy atom.